The number of esters is 1. The maximum Gasteiger partial charge on any atom is 0.338 e. The van der Waals surface area contributed by atoms with Crippen LogP contribution in [-0.4, -0.2) is 72.4 Å². The van der Waals surface area contributed by atoms with Crippen LogP contribution in [0.5, 0.6) is 0 Å². The first-order valence-corrected chi connectivity index (χ1v) is 13.2. The molecule has 0 amide bonds. The zero-order valence-corrected chi connectivity index (χ0v) is 21.8. The van der Waals surface area contributed by atoms with Crippen molar-refractivity contribution in [2.45, 2.75) is 31.9 Å². The fraction of sp³-hybridized carbons (Fsp3) is 0.458. The fourth-order valence-corrected chi connectivity index (χ4v) is 5.36. The molecule has 188 valence electrons. The Kier molecular flexibility index (Phi) is 9.01. The quantitative estimate of drug-likeness (QED) is 0.449. The molecule has 1 saturated heterocycles. The minimum absolute atomic E-state index is 0.0141. The summed E-state index contributed by atoms with van der Waals surface area (Å²) in [5.74, 6) is -0.305. The Labute approximate surface area is 216 Å². The summed E-state index contributed by atoms with van der Waals surface area (Å²) < 4.78 is 25.7. The molecule has 0 radical (unpaired) electrons. The van der Waals surface area contributed by atoms with Gasteiger partial charge in [-0.25, -0.2) is 14.2 Å². The van der Waals surface area contributed by atoms with Gasteiger partial charge in [-0.15, -0.1) is 11.3 Å². The Morgan fingerprint density at radius 3 is 3.03 bits per heavy atom. The second kappa shape index (κ2) is 12.2. The third kappa shape index (κ3) is 6.34. The predicted molar refractivity (Wildman–Crippen MR) is 135 cm³/mol. The number of ether oxygens (including phenoxy) is 2. The van der Waals surface area contributed by atoms with E-state index in [0.717, 1.165) is 6.42 Å². The van der Waals surface area contributed by atoms with Crippen molar-refractivity contribution < 1.29 is 23.8 Å². The van der Waals surface area contributed by atoms with E-state index in [1.54, 1.807) is 19.2 Å². The number of aliphatic hydroxyl groups is 1. The number of carbonyl (C=O) groups is 1. The van der Waals surface area contributed by atoms with Crippen molar-refractivity contribution in [2.75, 3.05) is 39.5 Å². The molecule has 2 aromatic rings. The number of hydrogen-bond acceptors (Lipinski definition) is 9. The molecule has 1 fully saturated rings. The molecule has 1 aromatic carbocycles. The minimum atomic E-state index is -0.703. The van der Waals surface area contributed by atoms with Gasteiger partial charge in [0.25, 0.3) is 0 Å². The number of nitrogens with zero attached hydrogens (tertiary/aromatic N) is 3. The average molecular weight is 567 g/mol. The summed E-state index contributed by atoms with van der Waals surface area (Å²) in [6.45, 7) is 4.50. The average Bonchev–Trinajstić information content (AvgIpc) is 3.38. The van der Waals surface area contributed by atoms with E-state index in [1.807, 2.05) is 5.38 Å². The molecule has 0 saturated carbocycles. The smallest absolute Gasteiger partial charge is 0.338 e. The second-order valence-electron chi connectivity index (χ2n) is 8.21. The van der Waals surface area contributed by atoms with Crippen molar-refractivity contribution in [2.24, 2.45) is 4.99 Å². The van der Waals surface area contributed by atoms with E-state index < -0.39 is 12.0 Å². The van der Waals surface area contributed by atoms with Gasteiger partial charge >= 0.3 is 5.97 Å². The predicted octanol–water partition coefficient (Wildman–Crippen LogP) is 3.43. The van der Waals surface area contributed by atoms with Gasteiger partial charge in [-0.1, -0.05) is 22.0 Å². The Bertz CT molecular complexity index is 1100. The van der Waals surface area contributed by atoms with E-state index in [4.69, 9.17) is 14.5 Å². The van der Waals surface area contributed by atoms with Crippen LogP contribution in [0.1, 0.15) is 36.4 Å². The highest BCUT2D eigenvalue weighted by Crippen LogP contribution is 2.37. The molecule has 8 nitrogen and oxygen atoms in total. The second-order valence-corrected chi connectivity index (χ2v) is 9.96. The van der Waals surface area contributed by atoms with E-state index in [-0.39, 0.29) is 25.1 Å². The van der Waals surface area contributed by atoms with Gasteiger partial charge in [-0.05, 0) is 37.5 Å². The lowest BCUT2D eigenvalue weighted by Gasteiger charge is -2.35. The number of thiazole rings is 1. The third-order valence-electron chi connectivity index (χ3n) is 5.80. The molecule has 2 unspecified atom stereocenters. The van der Waals surface area contributed by atoms with Crippen molar-refractivity contribution in [3.8, 4) is 0 Å². The summed E-state index contributed by atoms with van der Waals surface area (Å²) in [6, 6.07) is 3.66. The number of hydrogen-bond donors (Lipinski definition) is 2. The van der Waals surface area contributed by atoms with Crippen LogP contribution in [0, 0.1) is 5.82 Å². The monoisotopic (exact) mass is 566 g/mol. The van der Waals surface area contributed by atoms with Crippen LogP contribution in [0.2, 0.25) is 0 Å². The molecule has 11 heteroatoms. The lowest BCUT2D eigenvalue weighted by Crippen LogP contribution is -2.46. The van der Waals surface area contributed by atoms with Crippen molar-refractivity contribution in [3.63, 3.8) is 0 Å². The van der Waals surface area contributed by atoms with Gasteiger partial charge in [-0.2, -0.15) is 0 Å². The maximum atomic E-state index is 13.9. The molecule has 0 bridgehead atoms. The normalized spacial score (nSPS) is 21.0. The lowest BCUT2D eigenvalue weighted by molar-refractivity contribution is -0.139. The number of carbonyl (C=O) groups excluding carboxylic acids is 1. The first kappa shape index (κ1) is 25.9. The van der Waals surface area contributed by atoms with Crippen LogP contribution in [0.4, 0.5) is 4.39 Å². The SMILES string of the molecule is CCOC(=O)C1=C(CN2CCOC(CCCO)C2)NC(c2nccs2)=NC1c1ccc(F)cc1Br. The topological polar surface area (TPSA) is 96.3 Å². The summed E-state index contributed by atoms with van der Waals surface area (Å²) in [4.78, 5) is 24.7. The van der Waals surface area contributed by atoms with E-state index >= 15 is 0 Å². The highest BCUT2D eigenvalue weighted by Gasteiger charge is 2.35. The number of benzene rings is 1. The number of aliphatic hydroxyl groups excluding tert-OH is 1. The van der Waals surface area contributed by atoms with Gasteiger partial charge in [0.1, 0.15) is 11.9 Å². The van der Waals surface area contributed by atoms with E-state index in [0.29, 0.717) is 64.8 Å². The van der Waals surface area contributed by atoms with Crippen LogP contribution in [0.15, 0.2) is 50.5 Å². The molecule has 2 aliphatic heterocycles. The summed E-state index contributed by atoms with van der Waals surface area (Å²) in [5.41, 5.74) is 1.72. The minimum Gasteiger partial charge on any atom is -0.463 e. The lowest BCUT2D eigenvalue weighted by atomic mass is 9.95. The van der Waals surface area contributed by atoms with Gasteiger partial charge in [0.2, 0.25) is 0 Å². The van der Waals surface area contributed by atoms with Gasteiger partial charge < -0.3 is 19.9 Å². The molecule has 2 N–H and O–H groups in total. The Balaban J connectivity index is 1.73. The molecule has 35 heavy (non-hydrogen) atoms. The zero-order valence-electron chi connectivity index (χ0n) is 19.4. The highest BCUT2D eigenvalue weighted by molar-refractivity contribution is 9.10. The molecule has 2 atom stereocenters. The van der Waals surface area contributed by atoms with Crippen molar-refractivity contribution in [1.29, 1.82) is 0 Å². The van der Waals surface area contributed by atoms with Crippen LogP contribution < -0.4 is 5.32 Å². The fourth-order valence-electron chi connectivity index (χ4n) is 4.21. The Morgan fingerprint density at radius 2 is 2.31 bits per heavy atom. The van der Waals surface area contributed by atoms with E-state index in [2.05, 4.69) is 31.1 Å². The van der Waals surface area contributed by atoms with Gasteiger partial charge in [0, 0.05) is 48.0 Å². The van der Waals surface area contributed by atoms with Gasteiger partial charge in [0.05, 0.1) is 24.9 Å². The molecule has 1 aromatic heterocycles. The third-order valence-corrected chi connectivity index (χ3v) is 7.27. The van der Waals surface area contributed by atoms with Crippen molar-refractivity contribution in [1.82, 2.24) is 15.2 Å². The van der Waals surface area contributed by atoms with E-state index in [9.17, 15) is 14.3 Å². The van der Waals surface area contributed by atoms with Crippen molar-refractivity contribution in [3.05, 3.63) is 61.9 Å². The summed E-state index contributed by atoms with van der Waals surface area (Å²) in [6.07, 6.45) is 3.15. The Hall–Kier alpha value is -2.18. The summed E-state index contributed by atoms with van der Waals surface area (Å²) in [7, 11) is 0. The number of aliphatic imine (C=N–C) groups is 1. The van der Waals surface area contributed by atoms with Crippen LogP contribution in [0.3, 0.4) is 0 Å². The molecular formula is C24H28BrFN4O4S. The van der Waals surface area contributed by atoms with Crippen LogP contribution in [-0.2, 0) is 14.3 Å². The molecular weight excluding hydrogens is 539 g/mol. The molecule has 0 spiro atoms. The van der Waals surface area contributed by atoms with Gasteiger partial charge in [-0.3, -0.25) is 9.89 Å². The van der Waals surface area contributed by atoms with Crippen LogP contribution in [0.25, 0.3) is 0 Å². The standard InChI is InChI=1S/C24H28BrFN4O4S/c1-2-33-24(32)20-19(14-30-8-10-34-16(13-30)4-3-9-31)28-22(23-27-7-11-35-23)29-21(20)17-6-5-15(26)12-18(17)25/h5-7,11-12,16,21,31H,2-4,8-10,13-14H2,1H3,(H,28,29). The zero-order chi connectivity index (χ0) is 24.8. The molecule has 4 rings (SSSR count). The number of nitrogens with one attached hydrogen (secondary N) is 1. The first-order valence-electron chi connectivity index (χ1n) is 11.5. The first-order chi connectivity index (χ1) is 17.0. The maximum absolute atomic E-state index is 13.9. The number of rotatable bonds is 9. The number of morpholine rings is 1. The van der Waals surface area contributed by atoms with Gasteiger partial charge in [0.15, 0.2) is 10.8 Å². The molecule has 3 heterocycles. The van der Waals surface area contributed by atoms with Crippen LogP contribution >= 0.6 is 27.3 Å². The summed E-state index contributed by atoms with van der Waals surface area (Å²) >= 11 is 4.89. The number of amidine groups is 1. The van der Waals surface area contributed by atoms with E-state index in [1.165, 1.54) is 23.5 Å². The van der Waals surface area contributed by atoms with Crippen molar-refractivity contribution >= 4 is 39.1 Å². The Morgan fingerprint density at radius 1 is 1.46 bits per heavy atom. The number of halogens is 2. The number of aromatic nitrogens is 1. The summed E-state index contributed by atoms with van der Waals surface area (Å²) in [5, 5.41) is 15.1. The molecule has 2 aliphatic rings. The molecule has 0 aliphatic carbocycles. The largest absolute Gasteiger partial charge is 0.463 e. The highest BCUT2D eigenvalue weighted by atomic mass is 79.9.